The minimum absolute atomic E-state index is 0.190. The van der Waals surface area contributed by atoms with Crippen molar-refractivity contribution < 1.29 is 4.79 Å². The van der Waals surface area contributed by atoms with E-state index in [1.807, 2.05) is 24.3 Å². The maximum Gasteiger partial charge on any atom is 0.167 e. The zero-order valence-corrected chi connectivity index (χ0v) is 8.36. The standard InChI is InChI=1S/C10H7ClOS/c11-8-3-1-7(2-4-8)10-5-9(12)6-13-10/h1-5H,6H2. The maximum absolute atomic E-state index is 11.0. The van der Waals surface area contributed by atoms with E-state index < -0.39 is 0 Å². The van der Waals surface area contributed by atoms with Crippen molar-refractivity contribution in [2.45, 2.75) is 0 Å². The van der Waals surface area contributed by atoms with E-state index in [2.05, 4.69) is 0 Å². The Balaban J connectivity index is 2.31. The van der Waals surface area contributed by atoms with Crippen LogP contribution in [0.3, 0.4) is 0 Å². The summed E-state index contributed by atoms with van der Waals surface area (Å²) in [5.41, 5.74) is 1.07. The second kappa shape index (κ2) is 3.56. The molecule has 66 valence electrons. The zero-order chi connectivity index (χ0) is 9.26. The lowest BCUT2D eigenvalue weighted by molar-refractivity contribution is -0.112. The molecule has 0 N–H and O–H groups in total. The van der Waals surface area contributed by atoms with Gasteiger partial charge in [-0.1, -0.05) is 23.7 Å². The molecule has 0 amide bonds. The van der Waals surface area contributed by atoms with Gasteiger partial charge in [0.2, 0.25) is 0 Å². The Kier molecular flexibility index (Phi) is 2.42. The van der Waals surface area contributed by atoms with Crippen LogP contribution in [-0.2, 0) is 4.79 Å². The van der Waals surface area contributed by atoms with E-state index in [1.165, 1.54) is 0 Å². The number of hydrogen-bond donors (Lipinski definition) is 0. The molecule has 0 saturated heterocycles. The number of halogens is 1. The van der Waals surface area contributed by atoms with Gasteiger partial charge in [-0.3, -0.25) is 4.79 Å². The first-order valence-electron chi connectivity index (χ1n) is 3.89. The van der Waals surface area contributed by atoms with E-state index in [-0.39, 0.29) is 5.78 Å². The van der Waals surface area contributed by atoms with Crippen molar-refractivity contribution in [1.29, 1.82) is 0 Å². The number of ketones is 1. The van der Waals surface area contributed by atoms with Gasteiger partial charge in [-0.15, -0.1) is 11.8 Å². The average Bonchev–Trinajstić information content (AvgIpc) is 2.53. The molecule has 0 saturated carbocycles. The van der Waals surface area contributed by atoms with Gasteiger partial charge < -0.3 is 0 Å². The zero-order valence-electron chi connectivity index (χ0n) is 6.79. The van der Waals surface area contributed by atoms with E-state index >= 15 is 0 Å². The highest BCUT2D eigenvalue weighted by Crippen LogP contribution is 2.32. The number of thioether (sulfide) groups is 1. The van der Waals surface area contributed by atoms with E-state index in [9.17, 15) is 4.79 Å². The van der Waals surface area contributed by atoms with E-state index in [1.54, 1.807) is 17.8 Å². The first-order valence-corrected chi connectivity index (χ1v) is 5.25. The average molecular weight is 211 g/mol. The topological polar surface area (TPSA) is 17.1 Å². The van der Waals surface area contributed by atoms with E-state index in [4.69, 9.17) is 11.6 Å². The first kappa shape index (κ1) is 8.85. The van der Waals surface area contributed by atoms with Crippen molar-refractivity contribution in [3.05, 3.63) is 40.9 Å². The largest absolute Gasteiger partial charge is 0.294 e. The molecule has 0 spiro atoms. The van der Waals surface area contributed by atoms with Gasteiger partial charge in [-0.05, 0) is 23.8 Å². The van der Waals surface area contributed by atoms with Gasteiger partial charge >= 0.3 is 0 Å². The van der Waals surface area contributed by atoms with Crippen LogP contribution in [0.1, 0.15) is 5.56 Å². The first-order chi connectivity index (χ1) is 6.25. The van der Waals surface area contributed by atoms with Gasteiger partial charge in [0.15, 0.2) is 5.78 Å². The molecule has 1 aliphatic rings. The molecule has 1 heterocycles. The van der Waals surface area contributed by atoms with Crippen LogP contribution in [0.2, 0.25) is 5.02 Å². The molecule has 1 nitrogen and oxygen atoms in total. The smallest absolute Gasteiger partial charge is 0.167 e. The molecule has 1 aromatic carbocycles. The SMILES string of the molecule is O=C1C=C(c2ccc(Cl)cc2)SC1. The summed E-state index contributed by atoms with van der Waals surface area (Å²) in [7, 11) is 0. The van der Waals surface area contributed by atoms with Gasteiger partial charge in [0.1, 0.15) is 0 Å². The van der Waals surface area contributed by atoms with Crippen molar-refractivity contribution >= 4 is 34.1 Å². The Bertz CT molecular complexity index is 367. The summed E-state index contributed by atoms with van der Waals surface area (Å²) in [5, 5.41) is 0.721. The van der Waals surface area contributed by atoms with Gasteiger partial charge in [0, 0.05) is 9.93 Å². The van der Waals surface area contributed by atoms with Crippen LogP contribution in [0.15, 0.2) is 30.3 Å². The van der Waals surface area contributed by atoms with Crippen LogP contribution >= 0.6 is 23.4 Å². The molecule has 0 aromatic heterocycles. The van der Waals surface area contributed by atoms with Gasteiger partial charge in [0.25, 0.3) is 0 Å². The fourth-order valence-corrected chi connectivity index (χ4v) is 2.18. The molecule has 0 atom stereocenters. The summed E-state index contributed by atoms with van der Waals surface area (Å²) >= 11 is 7.33. The summed E-state index contributed by atoms with van der Waals surface area (Å²) in [5.74, 6) is 0.757. The molecular weight excluding hydrogens is 204 g/mol. The predicted octanol–water partition coefficient (Wildman–Crippen LogP) is 3.00. The molecule has 0 bridgehead atoms. The second-order valence-corrected chi connectivity index (χ2v) is 4.22. The Morgan fingerprint density at radius 2 is 1.92 bits per heavy atom. The summed E-state index contributed by atoms with van der Waals surface area (Å²) in [6.07, 6.45) is 1.69. The second-order valence-electron chi connectivity index (χ2n) is 2.77. The predicted molar refractivity (Wildman–Crippen MR) is 56.9 cm³/mol. The number of rotatable bonds is 1. The third-order valence-electron chi connectivity index (χ3n) is 1.79. The van der Waals surface area contributed by atoms with Crippen LogP contribution in [0.5, 0.6) is 0 Å². The molecule has 0 fully saturated rings. The summed E-state index contributed by atoms with van der Waals surface area (Å²) in [6.45, 7) is 0. The molecule has 0 radical (unpaired) electrons. The highest BCUT2D eigenvalue weighted by atomic mass is 35.5. The Morgan fingerprint density at radius 3 is 2.46 bits per heavy atom. The highest BCUT2D eigenvalue weighted by molar-refractivity contribution is 8.09. The monoisotopic (exact) mass is 210 g/mol. The number of benzene rings is 1. The molecule has 13 heavy (non-hydrogen) atoms. The van der Waals surface area contributed by atoms with Crippen molar-refractivity contribution in [1.82, 2.24) is 0 Å². The van der Waals surface area contributed by atoms with Crippen molar-refractivity contribution in [3.8, 4) is 0 Å². The quantitative estimate of drug-likeness (QED) is 0.709. The fourth-order valence-electron chi connectivity index (χ4n) is 1.16. The van der Waals surface area contributed by atoms with Crippen molar-refractivity contribution in [2.75, 3.05) is 5.75 Å². The molecule has 0 aliphatic carbocycles. The number of hydrogen-bond acceptors (Lipinski definition) is 2. The Hall–Kier alpha value is -0.730. The molecule has 3 heteroatoms. The van der Waals surface area contributed by atoms with Gasteiger partial charge in [0.05, 0.1) is 5.75 Å². The van der Waals surface area contributed by atoms with Gasteiger partial charge in [-0.25, -0.2) is 0 Å². The van der Waals surface area contributed by atoms with E-state index in [0.29, 0.717) is 5.75 Å². The summed E-state index contributed by atoms with van der Waals surface area (Å²) in [4.78, 5) is 12.0. The Morgan fingerprint density at radius 1 is 1.23 bits per heavy atom. The van der Waals surface area contributed by atoms with Crippen molar-refractivity contribution in [2.24, 2.45) is 0 Å². The maximum atomic E-state index is 11.0. The highest BCUT2D eigenvalue weighted by Gasteiger charge is 2.13. The number of allylic oxidation sites excluding steroid dienone is 1. The van der Waals surface area contributed by atoms with Crippen LogP contribution in [-0.4, -0.2) is 11.5 Å². The lowest BCUT2D eigenvalue weighted by Gasteiger charge is -1.99. The van der Waals surface area contributed by atoms with Crippen LogP contribution < -0.4 is 0 Å². The number of carbonyl (C=O) groups is 1. The van der Waals surface area contributed by atoms with E-state index in [0.717, 1.165) is 15.5 Å². The lowest BCUT2D eigenvalue weighted by Crippen LogP contribution is -1.86. The molecule has 1 aromatic rings. The van der Waals surface area contributed by atoms with Crippen molar-refractivity contribution in [3.63, 3.8) is 0 Å². The third-order valence-corrected chi connectivity index (χ3v) is 3.14. The Labute approximate surface area is 85.8 Å². The lowest BCUT2D eigenvalue weighted by atomic mass is 10.2. The minimum Gasteiger partial charge on any atom is -0.294 e. The molecule has 0 unspecified atom stereocenters. The fraction of sp³-hybridized carbons (Fsp3) is 0.100. The summed E-state index contributed by atoms with van der Waals surface area (Å²) < 4.78 is 0. The van der Waals surface area contributed by atoms with Gasteiger partial charge in [-0.2, -0.15) is 0 Å². The minimum atomic E-state index is 0.190. The van der Waals surface area contributed by atoms with Crippen LogP contribution in [0.4, 0.5) is 0 Å². The summed E-state index contributed by atoms with van der Waals surface area (Å²) in [6, 6.07) is 7.53. The molecule has 2 rings (SSSR count). The molecule has 1 aliphatic heterocycles. The molecular formula is C10H7ClOS. The number of carbonyl (C=O) groups excluding carboxylic acids is 1. The third kappa shape index (κ3) is 1.95. The van der Waals surface area contributed by atoms with Crippen LogP contribution in [0.25, 0.3) is 4.91 Å². The van der Waals surface area contributed by atoms with Crippen LogP contribution in [0, 0.1) is 0 Å². The normalized spacial score (nSPS) is 16.1.